The van der Waals surface area contributed by atoms with Gasteiger partial charge < -0.3 is 4.90 Å². The molecular formula is C17H18F3N3OS. The molecule has 1 heterocycles. The topological polar surface area (TPSA) is 46.1 Å². The van der Waals surface area contributed by atoms with Crippen molar-refractivity contribution in [2.24, 2.45) is 0 Å². The highest BCUT2D eigenvalue weighted by molar-refractivity contribution is 7.99. The van der Waals surface area contributed by atoms with Crippen molar-refractivity contribution in [3.8, 4) is 0 Å². The van der Waals surface area contributed by atoms with E-state index in [1.54, 1.807) is 0 Å². The highest BCUT2D eigenvalue weighted by Crippen LogP contribution is 2.32. The molecule has 4 nitrogen and oxygen atoms in total. The molecule has 0 saturated heterocycles. The number of aromatic nitrogens is 2. The Morgan fingerprint density at radius 1 is 1.16 bits per heavy atom. The van der Waals surface area contributed by atoms with E-state index >= 15 is 0 Å². The second-order valence-electron chi connectivity index (χ2n) is 5.63. The fourth-order valence-corrected chi connectivity index (χ4v) is 3.16. The third kappa shape index (κ3) is 5.45. The smallest absolute Gasteiger partial charge is 0.341 e. The molecule has 2 aromatic rings. The van der Waals surface area contributed by atoms with Crippen LogP contribution < -0.4 is 0 Å². The number of carbonyl (C=O) groups is 1. The lowest BCUT2D eigenvalue weighted by atomic mass is 10.1. The van der Waals surface area contributed by atoms with Crippen molar-refractivity contribution in [1.29, 1.82) is 0 Å². The van der Waals surface area contributed by atoms with Crippen molar-refractivity contribution in [1.82, 2.24) is 14.9 Å². The Labute approximate surface area is 148 Å². The molecule has 0 saturated carbocycles. The fraction of sp³-hybridized carbons (Fsp3) is 0.353. The number of rotatable bonds is 5. The highest BCUT2D eigenvalue weighted by atomic mass is 32.2. The van der Waals surface area contributed by atoms with Crippen LogP contribution in [-0.4, -0.2) is 33.6 Å². The fourth-order valence-electron chi connectivity index (χ4n) is 2.27. The molecule has 0 aliphatic heterocycles. The standard InChI is InChI=1S/C17H18F3N3OS/c1-11-8-12(2)22-16(21-11)25-10-15(24)23(3)9-13-6-4-5-7-14(13)17(18,19)20/h4-8H,9-10H2,1-3H3. The van der Waals surface area contributed by atoms with Gasteiger partial charge >= 0.3 is 6.18 Å². The molecule has 0 radical (unpaired) electrons. The molecule has 0 bridgehead atoms. The summed E-state index contributed by atoms with van der Waals surface area (Å²) in [4.78, 5) is 22.0. The number of thioether (sulfide) groups is 1. The van der Waals surface area contributed by atoms with E-state index in [0.717, 1.165) is 17.5 Å². The first kappa shape index (κ1) is 19.2. The molecule has 0 aliphatic rings. The van der Waals surface area contributed by atoms with E-state index < -0.39 is 11.7 Å². The zero-order chi connectivity index (χ0) is 18.6. The largest absolute Gasteiger partial charge is 0.416 e. The maximum atomic E-state index is 13.0. The Morgan fingerprint density at radius 3 is 2.36 bits per heavy atom. The third-order valence-corrected chi connectivity index (χ3v) is 4.27. The van der Waals surface area contributed by atoms with Gasteiger partial charge in [-0.3, -0.25) is 4.79 Å². The van der Waals surface area contributed by atoms with Crippen molar-refractivity contribution in [3.05, 3.63) is 52.8 Å². The van der Waals surface area contributed by atoms with Crippen molar-refractivity contribution < 1.29 is 18.0 Å². The van der Waals surface area contributed by atoms with E-state index in [2.05, 4.69) is 9.97 Å². The zero-order valence-corrected chi connectivity index (χ0v) is 14.9. The van der Waals surface area contributed by atoms with E-state index in [4.69, 9.17) is 0 Å². The lowest BCUT2D eigenvalue weighted by Crippen LogP contribution is -2.29. The van der Waals surface area contributed by atoms with E-state index in [9.17, 15) is 18.0 Å². The molecule has 0 aliphatic carbocycles. The first-order valence-electron chi connectivity index (χ1n) is 7.51. The number of hydrogen-bond acceptors (Lipinski definition) is 4. The summed E-state index contributed by atoms with van der Waals surface area (Å²) in [5.41, 5.74) is 0.947. The summed E-state index contributed by atoms with van der Waals surface area (Å²) in [6.45, 7) is 3.56. The van der Waals surface area contributed by atoms with Crippen LogP contribution in [0.15, 0.2) is 35.5 Å². The van der Waals surface area contributed by atoms with Gasteiger partial charge in [0.05, 0.1) is 11.3 Å². The Kier molecular flexibility index (Phi) is 6.05. The minimum atomic E-state index is -4.44. The summed E-state index contributed by atoms with van der Waals surface area (Å²) < 4.78 is 39.1. The zero-order valence-electron chi connectivity index (χ0n) is 14.1. The van der Waals surface area contributed by atoms with Crippen LogP contribution in [0.5, 0.6) is 0 Å². The molecule has 0 spiro atoms. The molecule has 0 atom stereocenters. The molecular weight excluding hydrogens is 351 g/mol. The first-order valence-corrected chi connectivity index (χ1v) is 8.49. The maximum Gasteiger partial charge on any atom is 0.416 e. The van der Waals surface area contributed by atoms with Gasteiger partial charge in [0.25, 0.3) is 0 Å². The number of hydrogen-bond donors (Lipinski definition) is 0. The van der Waals surface area contributed by atoms with Crippen LogP contribution in [0.1, 0.15) is 22.5 Å². The summed E-state index contributed by atoms with van der Waals surface area (Å²) in [5, 5.41) is 0.481. The quantitative estimate of drug-likeness (QED) is 0.593. The molecule has 134 valence electrons. The van der Waals surface area contributed by atoms with Gasteiger partial charge in [-0.1, -0.05) is 30.0 Å². The number of halogens is 3. The van der Waals surface area contributed by atoms with Gasteiger partial charge in [0.2, 0.25) is 5.91 Å². The van der Waals surface area contributed by atoms with Gasteiger partial charge in [-0.25, -0.2) is 9.97 Å². The van der Waals surface area contributed by atoms with Crippen LogP contribution in [0.25, 0.3) is 0 Å². The summed E-state index contributed by atoms with van der Waals surface area (Å²) in [6.07, 6.45) is -4.44. The first-order chi connectivity index (χ1) is 11.7. The summed E-state index contributed by atoms with van der Waals surface area (Å²) in [5.74, 6) is -0.224. The van der Waals surface area contributed by atoms with Crippen LogP contribution in [0.3, 0.4) is 0 Å². The Bertz CT molecular complexity index is 745. The summed E-state index contributed by atoms with van der Waals surface area (Å²) in [6, 6.07) is 7.09. The molecule has 1 aromatic heterocycles. The number of nitrogens with zero attached hydrogens (tertiary/aromatic N) is 3. The Balaban J connectivity index is 2.01. The maximum absolute atomic E-state index is 13.0. The van der Waals surface area contributed by atoms with Crippen LogP contribution in [-0.2, 0) is 17.5 Å². The normalized spacial score (nSPS) is 11.4. The molecule has 1 aromatic carbocycles. The number of aryl methyl sites for hydroxylation is 2. The summed E-state index contributed by atoms with van der Waals surface area (Å²) >= 11 is 1.17. The highest BCUT2D eigenvalue weighted by Gasteiger charge is 2.33. The Hall–Kier alpha value is -2.09. The van der Waals surface area contributed by atoms with Crippen molar-refractivity contribution in [2.75, 3.05) is 12.8 Å². The van der Waals surface area contributed by atoms with Gasteiger partial charge in [0, 0.05) is 25.0 Å². The van der Waals surface area contributed by atoms with E-state index in [1.807, 2.05) is 19.9 Å². The van der Waals surface area contributed by atoms with Gasteiger partial charge in [0.1, 0.15) is 0 Å². The number of alkyl halides is 3. The SMILES string of the molecule is Cc1cc(C)nc(SCC(=O)N(C)Cc2ccccc2C(F)(F)F)n1. The lowest BCUT2D eigenvalue weighted by molar-refractivity contribution is -0.139. The van der Waals surface area contributed by atoms with Gasteiger partial charge in [0.15, 0.2) is 5.16 Å². The molecule has 8 heteroatoms. The van der Waals surface area contributed by atoms with Crippen LogP contribution in [0.2, 0.25) is 0 Å². The predicted molar refractivity (Wildman–Crippen MR) is 90.1 cm³/mol. The van der Waals surface area contributed by atoms with Crippen molar-refractivity contribution >= 4 is 17.7 Å². The minimum absolute atomic E-state index is 0.0631. The second kappa shape index (κ2) is 7.86. The molecule has 0 fully saturated rings. The number of amides is 1. The molecule has 0 unspecified atom stereocenters. The molecule has 25 heavy (non-hydrogen) atoms. The molecule has 1 amide bonds. The number of benzene rings is 1. The minimum Gasteiger partial charge on any atom is -0.341 e. The average Bonchev–Trinajstić information content (AvgIpc) is 2.51. The monoisotopic (exact) mass is 369 g/mol. The predicted octanol–water partition coefficient (Wildman–Crippen LogP) is 3.86. The van der Waals surface area contributed by atoms with Crippen molar-refractivity contribution in [3.63, 3.8) is 0 Å². The van der Waals surface area contributed by atoms with Gasteiger partial charge in [-0.05, 0) is 31.5 Å². The molecule has 0 N–H and O–H groups in total. The van der Waals surface area contributed by atoms with E-state index in [-0.39, 0.29) is 23.8 Å². The van der Waals surface area contributed by atoms with Crippen LogP contribution >= 0.6 is 11.8 Å². The van der Waals surface area contributed by atoms with E-state index in [0.29, 0.717) is 5.16 Å². The van der Waals surface area contributed by atoms with Gasteiger partial charge in [-0.2, -0.15) is 13.2 Å². The molecule has 2 rings (SSSR count). The number of carbonyl (C=O) groups excluding carboxylic acids is 1. The average molecular weight is 369 g/mol. The van der Waals surface area contributed by atoms with Gasteiger partial charge in [-0.15, -0.1) is 0 Å². The summed E-state index contributed by atoms with van der Waals surface area (Å²) in [7, 11) is 1.48. The van der Waals surface area contributed by atoms with Crippen LogP contribution in [0.4, 0.5) is 13.2 Å². The second-order valence-corrected chi connectivity index (χ2v) is 6.57. The third-order valence-electron chi connectivity index (χ3n) is 3.44. The lowest BCUT2D eigenvalue weighted by Gasteiger charge is -2.20. The van der Waals surface area contributed by atoms with Crippen LogP contribution in [0, 0.1) is 13.8 Å². The van der Waals surface area contributed by atoms with Crippen molar-refractivity contribution in [2.45, 2.75) is 31.7 Å². The van der Waals surface area contributed by atoms with E-state index in [1.165, 1.54) is 41.9 Å². The Morgan fingerprint density at radius 2 is 1.76 bits per heavy atom.